The van der Waals surface area contributed by atoms with Crippen LogP contribution in [0.25, 0.3) is 0 Å². The van der Waals surface area contributed by atoms with Crippen molar-refractivity contribution in [2.75, 3.05) is 0 Å². The van der Waals surface area contributed by atoms with Gasteiger partial charge in [-0.25, -0.2) is 0 Å². The second kappa shape index (κ2) is 5.19. The highest BCUT2D eigenvalue weighted by Crippen LogP contribution is 2.27. The molecule has 1 aromatic rings. The second-order valence-electron chi connectivity index (χ2n) is 4.87. The number of rotatable bonds is 2. The van der Waals surface area contributed by atoms with E-state index in [1.54, 1.807) is 11.3 Å². The zero-order chi connectivity index (χ0) is 12.4. The predicted octanol–water partition coefficient (Wildman–Crippen LogP) is 2.54. The van der Waals surface area contributed by atoms with E-state index in [2.05, 4.69) is 13.8 Å². The third kappa shape index (κ3) is 2.53. The van der Waals surface area contributed by atoms with E-state index in [0.717, 1.165) is 17.7 Å². The van der Waals surface area contributed by atoms with Gasteiger partial charge in [0.15, 0.2) is 0 Å². The Hall–Kier alpha value is -0.870. The van der Waals surface area contributed by atoms with Gasteiger partial charge in [0.25, 0.3) is 0 Å². The molecule has 17 heavy (non-hydrogen) atoms. The molecule has 2 heterocycles. The summed E-state index contributed by atoms with van der Waals surface area (Å²) in [6.45, 7) is 4.24. The van der Waals surface area contributed by atoms with Crippen LogP contribution in [0, 0.1) is 0 Å². The third-order valence-electron chi connectivity index (χ3n) is 3.56. The summed E-state index contributed by atoms with van der Waals surface area (Å²) in [5, 5.41) is 1.96. The summed E-state index contributed by atoms with van der Waals surface area (Å²) in [4.78, 5) is 15.4. The van der Waals surface area contributed by atoms with Crippen molar-refractivity contribution in [1.29, 1.82) is 0 Å². The number of nitrogens with zero attached hydrogens (tertiary/aromatic N) is 1. The number of carbonyl (C=O) groups excluding carboxylic acids is 1. The fourth-order valence-electron chi connectivity index (χ4n) is 2.61. The maximum absolute atomic E-state index is 12.4. The highest BCUT2D eigenvalue weighted by Gasteiger charge is 2.32. The molecule has 3 nitrogen and oxygen atoms in total. The van der Waals surface area contributed by atoms with E-state index in [0.29, 0.717) is 12.1 Å². The Balaban J connectivity index is 2.13. The number of hydrogen-bond acceptors (Lipinski definition) is 3. The standard InChI is InChI=1S/C13H20N2OS/c1-9-5-3-6-10(2)15(9)13(16)12(14)11-7-4-8-17-11/h4,7-10,12H,3,5-6,14H2,1-2H3. The normalized spacial score (nSPS) is 26.9. The van der Waals surface area contributed by atoms with E-state index < -0.39 is 6.04 Å². The SMILES string of the molecule is CC1CCCC(C)N1C(=O)C(N)c1cccs1. The number of amides is 1. The maximum Gasteiger partial charge on any atom is 0.245 e. The maximum atomic E-state index is 12.4. The molecule has 0 bridgehead atoms. The van der Waals surface area contributed by atoms with Crippen molar-refractivity contribution >= 4 is 17.2 Å². The molecule has 0 spiro atoms. The second-order valence-corrected chi connectivity index (χ2v) is 5.85. The Labute approximate surface area is 107 Å². The first-order chi connectivity index (χ1) is 8.11. The van der Waals surface area contributed by atoms with Crippen LogP contribution in [0.1, 0.15) is 44.0 Å². The molecule has 2 rings (SSSR count). The lowest BCUT2D eigenvalue weighted by atomic mass is 9.96. The van der Waals surface area contributed by atoms with Crippen molar-refractivity contribution in [3.05, 3.63) is 22.4 Å². The van der Waals surface area contributed by atoms with Crippen molar-refractivity contribution < 1.29 is 4.79 Å². The van der Waals surface area contributed by atoms with Crippen molar-refractivity contribution in [1.82, 2.24) is 4.90 Å². The van der Waals surface area contributed by atoms with Crippen LogP contribution in [0.5, 0.6) is 0 Å². The number of thiophene rings is 1. The van der Waals surface area contributed by atoms with Gasteiger partial charge in [0, 0.05) is 17.0 Å². The van der Waals surface area contributed by atoms with Gasteiger partial charge in [-0.3, -0.25) is 4.79 Å². The van der Waals surface area contributed by atoms with E-state index in [1.807, 2.05) is 22.4 Å². The monoisotopic (exact) mass is 252 g/mol. The molecule has 0 aliphatic carbocycles. The molecule has 1 aliphatic rings. The lowest BCUT2D eigenvalue weighted by Gasteiger charge is -2.40. The predicted molar refractivity (Wildman–Crippen MR) is 70.9 cm³/mol. The minimum absolute atomic E-state index is 0.0761. The summed E-state index contributed by atoms with van der Waals surface area (Å²) in [5.41, 5.74) is 6.06. The zero-order valence-corrected chi connectivity index (χ0v) is 11.2. The van der Waals surface area contributed by atoms with E-state index >= 15 is 0 Å². The highest BCUT2D eigenvalue weighted by atomic mass is 32.1. The summed E-state index contributed by atoms with van der Waals surface area (Å²) in [7, 11) is 0. The summed E-state index contributed by atoms with van der Waals surface area (Å²) >= 11 is 1.55. The van der Waals surface area contributed by atoms with Crippen molar-refractivity contribution in [2.45, 2.75) is 51.2 Å². The average Bonchev–Trinajstić information content (AvgIpc) is 2.81. The molecule has 1 amide bonds. The number of likely N-dealkylation sites (tertiary alicyclic amines) is 1. The topological polar surface area (TPSA) is 46.3 Å². The molecule has 0 saturated carbocycles. The fourth-order valence-corrected chi connectivity index (χ4v) is 3.33. The molecule has 2 N–H and O–H groups in total. The Bertz CT molecular complexity index is 367. The van der Waals surface area contributed by atoms with Crippen LogP contribution in [-0.2, 0) is 4.79 Å². The molecule has 3 atom stereocenters. The lowest BCUT2D eigenvalue weighted by molar-refractivity contribution is -0.138. The smallest absolute Gasteiger partial charge is 0.245 e. The average molecular weight is 252 g/mol. The molecule has 4 heteroatoms. The number of carbonyl (C=O) groups is 1. The van der Waals surface area contributed by atoms with E-state index in [-0.39, 0.29) is 5.91 Å². The van der Waals surface area contributed by atoms with Gasteiger partial charge in [-0.2, -0.15) is 0 Å². The molecular weight excluding hydrogens is 232 g/mol. The van der Waals surface area contributed by atoms with Gasteiger partial charge in [-0.05, 0) is 44.6 Å². The largest absolute Gasteiger partial charge is 0.336 e. The fraction of sp³-hybridized carbons (Fsp3) is 0.615. The molecule has 1 fully saturated rings. The Kier molecular flexibility index (Phi) is 3.84. The van der Waals surface area contributed by atoms with E-state index in [9.17, 15) is 4.79 Å². The van der Waals surface area contributed by atoms with Gasteiger partial charge >= 0.3 is 0 Å². The Morgan fingerprint density at radius 2 is 2.12 bits per heavy atom. The summed E-state index contributed by atoms with van der Waals surface area (Å²) in [5.74, 6) is 0.0761. The number of piperidine rings is 1. The number of nitrogens with two attached hydrogens (primary N) is 1. The van der Waals surface area contributed by atoms with Crippen molar-refractivity contribution in [2.24, 2.45) is 5.73 Å². The lowest BCUT2D eigenvalue weighted by Crippen LogP contribution is -2.50. The van der Waals surface area contributed by atoms with Gasteiger partial charge in [0.1, 0.15) is 6.04 Å². The molecular formula is C13H20N2OS. The van der Waals surface area contributed by atoms with E-state index in [4.69, 9.17) is 5.73 Å². The highest BCUT2D eigenvalue weighted by molar-refractivity contribution is 7.10. The molecule has 1 aromatic heterocycles. The Morgan fingerprint density at radius 1 is 1.47 bits per heavy atom. The van der Waals surface area contributed by atoms with Gasteiger partial charge in [-0.15, -0.1) is 11.3 Å². The van der Waals surface area contributed by atoms with Crippen LogP contribution >= 0.6 is 11.3 Å². The number of hydrogen-bond donors (Lipinski definition) is 1. The molecule has 0 aromatic carbocycles. The van der Waals surface area contributed by atoms with Crippen LogP contribution in [0.4, 0.5) is 0 Å². The molecule has 0 radical (unpaired) electrons. The van der Waals surface area contributed by atoms with Crippen LogP contribution in [0.2, 0.25) is 0 Å². The van der Waals surface area contributed by atoms with Gasteiger partial charge in [0.05, 0.1) is 0 Å². The van der Waals surface area contributed by atoms with Crippen LogP contribution in [0.3, 0.4) is 0 Å². The molecule has 94 valence electrons. The minimum Gasteiger partial charge on any atom is -0.336 e. The van der Waals surface area contributed by atoms with Crippen LogP contribution in [-0.4, -0.2) is 22.9 Å². The van der Waals surface area contributed by atoms with Gasteiger partial charge in [0.2, 0.25) is 5.91 Å². The van der Waals surface area contributed by atoms with Crippen LogP contribution in [0.15, 0.2) is 17.5 Å². The Morgan fingerprint density at radius 3 is 2.65 bits per heavy atom. The zero-order valence-electron chi connectivity index (χ0n) is 10.4. The first-order valence-corrected chi connectivity index (χ1v) is 7.10. The van der Waals surface area contributed by atoms with Crippen molar-refractivity contribution in [3.63, 3.8) is 0 Å². The summed E-state index contributed by atoms with van der Waals surface area (Å²) in [6.07, 6.45) is 3.39. The van der Waals surface area contributed by atoms with Gasteiger partial charge < -0.3 is 10.6 Å². The molecule has 1 saturated heterocycles. The van der Waals surface area contributed by atoms with Crippen LogP contribution < -0.4 is 5.73 Å². The van der Waals surface area contributed by atoms with Gasteiger partial charge in [-0.1, -0.05) is 6.07 Å². The summed E-state index contributed by atoms with van der Waals surface area (Å²) in [6, 6.07) is 4.02. The molecule has 1 aliphatic heterocycles. The minimum atomic E-state index is -0.488. The quantitative estimate of drug-likeness (QED) is 0.879. The van der Waals surface area contributed by atoms with E-state index in [1.165, 1.54) is 6.42 Å². The first kappa shape index (κ1) is 12.6. The molecule has 3 unspecified atom stereocenters. The third-order valence-corrected chi connectivity index (χ3v) is 4.52. The van der Waals surface area contributed by atoms with Crippen molar-refractivity contribution in [3.8, 4) is 0 Å². The first-order valence-electron chi connectivity index (χ1n) is 6.22. The summed E-state index contributed by atoms with van der Waals surface area (Å²) < 4.78 is 0.